The van der Waals surface area contributed by atoms with Crippen molar-refractivity contribution >= 4 is 29.8 Å². The molecule has 0 amide bonds. The van der Waals surface area contributed by atoms with E-state index in [4.69, 9.17) is 17.0 Å². The highest BCUT2D eigenvalue weighted by atomic mass is 32.1. The molecule has 1 aromatic carbocycles. The van der Waals surface area contributed by atoms with Crippen LogP contribution >= 0.6 is 23.6 Å². The van der Waals surface area contributed by atoms with Crippen molar-refractivity contribution in [2.24, 2.45) is 5.10 Å². The minimum absolute atomic E-state index is 0.292. The average molecular weight is 344 g/mol. The molecule has 0 bridgehead atoms. The van der Waals surface area contributed by atoms with Gasteiger partial charge >= 0.3 is 0 Å². The van der Waals surface area contributed by atoms with Gasteiger partial charge in [0, 0.05) is 4.88 Å². The number of aryl methyl sites for hydroxylation is 2. The van der Waals surface area contributed by atoms with Crippen molar-refractivity contribution in [3.63, 3.8) is 0 Å². The Morgan fingerprint density at radius 3 is 2.78 bits per heavy atom. The van der Waals surface area contributed by atoms with Crippen LogP contribution in [0.15, 0.2) is 40.8 Å². The molecule has 0 aliphatic rings. The summed E-state index contributed by atoms with van der Waals surface area (Å²) in [7, 11) is 0. The second-order valence-electron chi connectivity index (χ2n) is 5.03. The Hall–Kier alpha value is -2.25. The molecule has 0 spiro atoms. The van der Waals surface area contributed by atoms with Crippen LogP contribution in [0.4, 0.5) is 0 Å². The molecule has 3 aromatic rings. The van der Waals surface area contributed by atoms with Crippen LogP contribution in [0.25, 0.3) is 0 Å². The smallest absolute Gasteiger partial charge is 0.216 e. The molecule has 0 atom stereocenters. The first-order chi connectivity index (χ1) is 11.1. The lowest BCUT2D eigenvalue weighted by molar-refractivity contribution is 0.287. The summed E-state index contributed by atoms with van der Waals surface area (Å²) in [6, 6.07) is 10.0. The maximum atomic E-state index is 5.92. The maximum Gasteiger partial charge on any atom is 0.216 e. The summed E-state index contributed by atoms with van der Waals surface area (Å²) in [5.74, 6) is 1.50. The molecule has 1 N–H and O–H groups in total. The Bertz CT molecular complexity index is 858. The van der Waals surface area contributed by atoms with Crippen molar-refractivity contribution in [3.8, 4) is 5.75 Å². The lowest BCUT2D eigenvalue weighted by Crippen LogP contribution is -2.05. The predicted octanol–water partition coefficient (Wildman–Crippen LogP) is 4.08. The number of hydrogen-bond acceptors (Lipinski definition) is 5. The number of nitrogens with zero attached hydrogens (tertiary/aromatic N) is 3. The Morgan fingerprint density at radius 2 is 2.09 bits per heavy atom. The molecule has 0 saturated carbocycles. The minimum atomic E-state index is 0.292. The SMILES string of the molecule is Cc1cccc(C)c1OCc1n[nH]c(=S)n1/N=C\c1cccs1. The fourth-order valence-corrected chi connectivity index (χ4v) is 2.96. The number of thiophene rings is 1. The largest absolute Gasteiger partial charge is 0.485 e. The highest BCUT2D eigenvalue weighted by molar-refractivity contribution is 7.71. The molecule has 0 saturated heterocycles. The van der Waals surface area contributed by atoms with E-state index in [1.165, 1.54) is 0 Å². The minimum Gasteiger partial charge on any atom is -0.485 e. The zero-order valence-corrected chi connectivity index (χ0v) is 14.4. The van der Waals surface area contributed by atoms with Gasteiger partial charge in [0.15, 0.2) is 5.82 Å². The van der Waals surface area contributed by atoms with E-state index < -0.39 is 0 Å². The van der Waals surface area contributed by atoms with Gasteiger partial charge in [0.25, 0.3) is 0 Å². The second-order valence-corrected chi connectivity index (χ2v) is 6.39. The predicted molar refractivity (Wildman–Crippen MR) is 95.0 cm³/mol. The summed E-state index contributed by atoms with van der Waals surface area (Å²) >= 11 is 6.84. The van der Waals surface area contributed by atoms with E-state index in [0.717, 1.165) is 21.8 Å². The first-order valence-corrected chi connectivity index (χ1v) is 8.37. The summed E-state index contributed by atoms with van der Waals surface area (Å²) in [5, 5.41) is 13.3. The number of aromatic amines is 1. The molecule has 5 nitrogen and oxygen atoms in total. The standard InChI is InChI=1S/C16H16N4OS2/c1-11-5-3-6-12(2)15(11)21-10-14-18-19-16(22)20(14)17-9-13-7-4-8-23-13/h3-9H,10H2,1-2H3,(H,19,22)/b17-9-. The summed E-state index contributed by atoms with van der Waals surface area (Å²) in [4.78, 5) is 1.05. The van der Waals surface area contributed by atoms with Crippen LogP contribution in [0.3, 0.4) is 0 Å². The number of rotatable bonds is 5. The first-order valence-electron chi connectivity index (χ1n) is 7.08. The molecular formula is C16H16N4OS2. The summed E-state index contributed by atoms with van der Waals surface area (Å²) in [6.07, 6.45) is 1.76. The van der Waals surface area contributed by atoms with Gasteiger partial charge in [-0.2, -0.15) is 14.9 Å². The quantitative estimate of drug-likeness (QED) is 0.560. The number of H-pyrrole nitrogens is 1. The van der Waals surface area contributed by atoms with Crippen molar-refractivity contribution in [3.05, 3.63) is 62.3 Å². The van der Waals surface area contributed by atoms with Crippen molar-refractivity contribution in [2.45, 2.75) is 20.5 Å². The van der Waals surface area contributed by atoms with E-state index in [1.54, 1.807) is 22.2 Å². The van der Waals surface area contributed by atoms with Gasteiger partial charge in [-0.1, -0.05) is 24.3 Å². The van der Waals surface area contributed by atoms with Gasteiger partial charge in [-0.15, -0.1) is 11.3 Å². The monoisotopic (exact) mass is 344 g/mol. The molecule has 0 aliphatic heterocycles. The number of ether oxygens (including phenoxy) is 1. The number of nitrogens with one attached hydrogen (secondary N) is 1. The Morgan fingerprint density at radius 1 is 1.30 bits per heavy atom. The fourth-order valence-electron chi connectivity index (χ4n) is 2.18. The third-order valence-electron chi connectivity index (χ3n) is 3.32. The summed E-state index contributed by atoms with van der Waals surface area (Å²) in [6.45, 7) is 4.34. The topological polar surface area (TPSA) is 55.2 Å². The molecule has 0 radical (unpaired) electrons. The van der Waals surface area contributed by atoms with Gasteiger partial charge < -0.3 is 4.74 Å². The number of aromatic nitrogens is 3. The van der Waals surface area contributed by atoms with Crippen LogP contribution in [-0.4, -0.2) is 21.1 Å². The van der Waals surface area contributed by atoms with Crippen LogP contribution in [0.2, 0.25) is 0 Å². The van der Waals surface area contributed by atoms with Gasteiger partial charge in [0.1, 0.15) is 12.4 Å². The summed E-state index contributed by atoms with van der Waals surface area (Å²) in [5.41, 5.74) is 2.18. The van der Waals surface area contributed by atoms with E-state index in [0.29, 0.717) is 17.2 Å². The van der Waals surface area contributed by atoms with Gasteiger partial charge in [0.2, 0.25) is 4.77 Å². The van der Waals surface area contributed by atoms with Crippen LogP contribution < -0.4 is 4.74 Å². The average Bonchev–Trinajstić information content (AvgIpc) is 3.15. The highest BCUT2D eigenvalue weighted by Gasteiger charge is 2.09. The fraction of sp³-hybridized carbons (Fsp3) is 0.188. The molecule has 3 rings (SSSR count). The van der Waals surface area contributed by atoms with Crippen LogP contribution in [0.5, 0.6) is 5.75 Å². The molecule has 2 heterocycles. The normalized spacial score (nSPS) is 11.2. The van der Waals surface area contributed by atoms with Crippen molar-refractivity contribution in [1.29, 1.82) is 0 Å². The Balaban J connectivity index is 1.80. The van der Waals surface area contributed by atoms with Crippen LogP contribution in [0.1, 0.15) is 21.8 Å². The van der Waals surface area contributed by atoms with E-state index >= 15 is 0 Å². The third-order valence-corrected chi connectivity index (χ3v) is 4.39. The number of para-hydroxylation sites is 1. The maximum absolute atomic E-state index is 5.92. The van der Waals surface area contributed by atoms with Crippen LogP contribution in [-0.2, 0) is 6.61 Å². The van der Waals surface area contributed by atoms with Gasteiger partial charge in [-0.05, 0) is 48.6 Å². The van der Waals surface area contributed by atoms with E-state index in [2.05, 4.69) is 15.3 Å². The zero-order valence-electron chi connectivity index (χ0n) is 12.8. The second kappa shape index (κ2) is 6.89. The molecule has 7 heteroatoms. The molecular weight excluding hydrogens is 328 g/mol. The van der Waals surface area contributed by atoms with E-state index in [-0.39, 0.29) is 0 Å². The zero-order chi connectivity index (χ0) is 16.2. The van der Waals surface area contributed by atoms with E-state index in [1.807, 2.05) is 49.6 Å². The number of hydrogen-bond donors (Lipinski definition) is 1. The molecule has 23 heavy (non-hydrogen) atoms. The lowest BCUT2D eigenvalue weighted by atomic mass is 10.1. The number of benzene rings is 1. The van der Waals surface area contributed by atoms with Crippen LogP contribution in [0, 0.1) is 18.6 Å². The first kappa shape index (κ1) is 15.6. The molecule has 0 unspecified atom stereocenters. The lowest BCUT2D eigenvalue weighted by Gasteiger charge is -2.11. The van der Waals surface area contributed by atoms with Gasteiger partial charge in [0.05, 0.1) is 6.21 Å². The summed E-state index contributed by atoms with van der Waals surface area (Å²) < 4.78 is 7.95. The third kappa shape index (κ3) is 3.57. The van der Waals surface area contributed by atoms with Crippen molar-refractivity contribution in [2.75, 3.05) is 0 Å². The van der Waals surface area contributed by atoms with Gasteiger partial charge in [-0.3, -0.25) is 0 Å². The molecule has 2 aromatic heterocycles. The van der Waals surface area contributed by atoms with Gasteiger partial charge in [-0.25, -0.2) is 5.10 Å². The highest BCUT2D eigenvalue weighted by Crippen LogP contribution is 2.23. The van der Waals surface area contributed by atoms with E-state index in [9.17, 15) is 0 Å². The Labute approximate surface area is 143 Å². The molecule has 118 valence electrons. The van der Waals surface area contributed by atoms with Crippen molar-refractivity contribution in [1.82, 2.24) is 14.9 Å². The Kier molecular flexibility index (Phi) is 4.68. The molecule has 0 fully saturated rings. The molecule has 0 aliphatic carbocycles. The van der Waals surface area contributed by atoms with Crippen molar-refractivity contribution < 1.29 is 4.74 Å².